The van der Waals surface area contributed by atoms with Crippen LogP contribution in [0.1, 0.15) is 46.7 Å². The van der Waals surface area contributed by atoms with Crippen molar-refractivity contribution in [2.45, 2.75) is 19.9 Å². The number of hydrogen-bond donors (Lipinski definition) is 1. The minimum Gasteiger partial charge on any atom is -0.460 e. The number of rotatable bonds is 5. The normalized spacial score (nSPS) is 12.1. The number of para-hydroxylation sites is 1. The van der Waals surface area contributed by atoms with E-state index in [0.29, 0.717) is 11.3 Å². The monoisotopic (exact) mass is 328 g/mol. The lowest BCUT2D eigenvalue weighted by atomic mass is 10.2. The molecule has 3 aromatic rings. The topological polar surface area (TPSA) is 94.6 Å². The van der Waals surface area contributed by atoms with Gasteiger partial charge >= 0.3 is 5.97 Å². The van der Waals surface area contributed by atoms with E-state index in [0.717, 1.165) is 5.39 Å². The van der Waals surface area contributed by atoms with Gasteiger partial charge in [0.2, 0.25) is 5.76 Å². The molecule has 7 nitrogen and oxygen atoms in total. The van der Waals surface area contributed by atoms with Crippen LogP contribution in [0.3, 0.4) is 0 Å². The van der Waals surface area contributed by atoms with Crippen LogP contribution in [0, 0.1) is 0 Å². The summed E-state index contributed by atoms with van der Waals surface area (Å²) in [7, 11) is 0. The molecule has 24 heavy (non-hydrogen) atoms. The smallest absolute Gasteiger partial charge is 0.377 e. The van der Waals surface area contributed by atoms with Crippen LogP contribution in [-0.2, 0) is 4.74 Å². The highest BCUT2D eigenvalue weighted by atomic mass is 16.6. The minimum absolute atomic E-state index is 0.00307. The predicted octanol–water partition coefficient (Wildman–Crippen LogP) is 3.09. The van der Waals surface area contributed by atoms with Crippen molar-refractivity contribution in [2.24, 2.45) is 0 Å². The van der Waals surface area contributed by atoms with Crippen LogP contribution >= 0.6 is 0 Å². The molecule has 0 bridgehead atoms. The summed E-state index contributed by atoms with van der Waals surface area (Å²) in [6.07, 6.45) is 0. The highest BCUT2D eigenvalue weighted by Crippen LogP contribution is 2.20. The molecule has 0 aliphatic rings. The first-order valence-corrected chi connectivity index (χ1v) is 7.51. The van der Waals surface area contributed by atoms with Gasteiger partial charge in [0.1, 0.15) is 11.3 Å². The number of carbonyl (C=O) groups is 2. The van der Waals surface area contributed by atoms with Gasteiger partial charge in [0, 0.05) is 11.5 Å². The zero-order valence-electron chi connectivity index (χ0n) is 13.2. The molecule has 7 heteroatoms. The number of carbonyl (C=O) groups excluding carboxylic acids is 2. The van der Waals surface area contributed by atoms with E-state index in [-0.39, 0.29) is 24.0 Å². The fourth-order valence-electron chi connectivity index (χ4n) is 2.23. The van der Waals surface area contributed by atoms with Gasteiger partial charge < -0.3 is 19.0 Å². The second-order valence-corrected chi connectivity index (χ2v) is 5.18. The molecular formula is C17H16N2O5. The molecule has 1 aromatic carbocycles. The van der Waals surface area contributed by atoms with E-state index in [1.165, 1.54) is 6.07 Å². The standard InChI is InChI=1S/C17H16N2O5/c1-3-22-17(21)15-9-12(19-24-15)10(2)18-16(20)14-8-11-6-4-5-7-13(11)23-14/h4-10H,3H2,1-2H3,(H,18,20). The Balaban J connectivity index is 1.70. The lowest BCUT2D eigenvalue weighted by molar-refractivity contribution is 0.0479. The number of benzene rings is 1. The van der Waals surface area contributed by atoms with E-state index >= 15 is 0 Å². The molecule has 1 amide bonds. The van der Waals surface area contributed by atoms with Gasteiger partial charge in [-0.25, -0.2) is 4.79 Å². The van der Waals surface area contributed by atoms with Crippen LogP contribution < -0.4 is 5.32 Å². The van der Waals surface area contributed by atoms with Crippen molar-refractivity contribution in [2.75, 3.05) is 6.61 Å². The highest BCUT2D eigenvalue weighted by molar-refractivity contribution is 5.96. The molecular weight excluding hydrogens is 312 g/mol. The molecule has 124 valence electrons. The Morgan fingerprint density at radius 2 is 2.04 bits per heavy atom. The Kier molecular flexibility index (Phi) is 4.33. The number of nitrogens with one attached hydrogen (secondary N) is 1. The summed E-state index contributed by atoms with van der Waals surface area (Å²) in [5.41, 5.74) is 1.06. The van der Waals surface area contributed by atoms with Crippen LogP contribution in [-0.4, -0.2) is 23.6 Å². The quantitative estimate of drug-likeness (QED) is 0.723. The molecule has 0 saturated carbocycles. The van der Waals surface area contributed by atoms with Crippen molar-refractivity contribution in [1.29, 1.82) is 0 Å². The number of furan rings is 1. The summed E-state index contributed by atoms with van der Waals surface area (Å²) < 4.78 is 15.3. The fourth-order valence-corrected chi connectivity index (χ4v) is 2.23. The molecule has 2 aromatic heterocycles. The minimum atomic E-state index is -0.591. The number of fused-ring (bicyclic) bond motifs is 1. The van der Waals surface area contributed by atoms with Crippen molar-refractivity contribution in [3.05, 3.63) is 53.6 Å². The molecule has 1 atom stereocenters. The van der Waals surface area contributed by atoms with Gasteiger partial charge in [0.15, 0.2) is 5.76 Å². The van der Waals surface area contributed by atoms with E-state index in [1.54, 1.807) is 26.0 Å². The maximum absolute atomic E-state index is 12.3. The zero-order valence-corrected chi connectivity index (χ0v) is 13.2. The zero-order chi connectivity index (χ0) is 17.1. The summed E-state index contributed by atoms with van der Waals surface area (Å²) in [4.78, 5) is 23.9. The largest absolute Gasteiger partial charge is 0.460 e. The van der Waals surface area contributed by atoms with Crippen LogP contribution in [0.5, 0.6) is 0 Å². The maximum atomic E-state index is 12.3. The summed E-state index contributed by atoms with van der Waals surface area (Å²) >= 11 is 0. The first kappa shape index (κ1) is 15.8. The fraction of sp³-hybridized carbons (Fsp3) is 0.235. The molecule has 1 unspecified atom stereocenters. The van der Waals surface area contributed by atoms with E-state index in [1.807, 2.05) is 18.2 Å². The molecule has 3 rings (SSSR count). The molecule has 1 N–H and O–H groups in total. The van der Waals surface area contributed by atoms with E-state index < -0.39 is 12.0 Å². The third-order valence-corrected chi connectivity index (χ3v) is 3.45. The van der Waals surface area contributed by atoms with Gasteiger partial charge in [-0.2, -0.15) is 0 Å². The van der Waals surface area contributed by atoms with Crippen molar-refractivity contribution in [1.82, 2.24) is 10.5 Å². The number of esters is 1. The highest BCUT2D eigenvalue weighted by Gasteiger charge is 2.20. The van der Waals surface area contributed by atoms with E-state index in [9.17, 15) is 9.59 Å². The second kappa shape index (κ2) is 6.57. The third-order valence-electron chi connectivity index (χ3n) is 3.45. The van der Waals surface area contributed by atoms with Crippen LogP contribution in [0.4, 0.5) is 0 Å². The van der Waals surface area contributed by atoms with Gasteiger partial charge in [0.05, 0.1) is 12.6 Å². The van der Waals surface area contributed by atoms with Gasteiger partial charge in [-0.15, -0.1) is 0 Å². The molecule has 0 radical (unpaired) electrons. The van der Waals surface area contributed by atoms with Crippen molar-refractivity contribution in [3.8, 4) is 0 Å². The van der Waals surface area contributed by atoms with Crippen molar-refractivity contribution in [3.63, 3.8) is 0 Å². The van der Waals surface area contributed by atoms with Crippen LogP contribution in [0.25, 0.3) is 11.0 Å². The molecule has 0 spiro atoms. The third kappa shape index (κ3) is 3.15. The van der Waals surface area contributed by atoms with E-state index in [2.05, 4.69) is 10.5 Å². The van der Waals surface area contributed by atoms with Gasteiger partial charge in [-0.05, 0) is 26.0 Å². The average molecular weight is 328 g/mol. The van der Waals surface area contributed by atoms with Crippen LogP contribution in [0.15, 0.2) is 45.3 Å². The number of hydrogen-bond acceptors (Lipinski definition) is 6. The van der Waals surface area contributed by atoms with Gasteiger partial charge in [-0.3, -0.25) is 4.79 Å². The number of nitrogens with zero attached hydrogens (tertiary/aromatic N) is 1. The Bertz CT molecular complexity index is 847. The summed E-state index contributed by atoms with van der Waals surface area (Å²) in [5.74, 6) is -0.764. The molecule has 2 heterocycles. The Labute approximate surface area is 137 Å². The number of aromatic nitrogens is 1. The SMILES string of the molecule is CCOC(=O)c1cc(C(C)NC(=O)c2cc3ccccc3o2)no1. The first-order valence-electron chi connectivity index (χ1n) is 7.51. The number of ether oxygens (including phenoxy) is 1. The molecule has 0 aliphatic carbocycles. The first-order chi connectivity index (χ1) is 11.6. The Morgan fingerprint density at radius 3 is 2.79 bits per heavy atom. The number of amides is 1. The lowest BCUT2D eigenvalue weighted by Gasteiger charge is -2.08. The summed E-state index contributed by atoms with van der Waals surface area (Å²) in [6, 6.07) is 10.0. The van der Waals surface area contributed by atoms with E-state index in [4.69, 9.17) is 13.7 Å². The average Bonchev–Trinajstić information content (AvgIpc) is 3.22. The second-order valence-electron chi connectivity index (χ2n) is 5.18. The Hall–Kier alpha value is -3.09. The summed E-state index contributed by atoms with van der Waals surface area (Å²) in [6.45, 7) is 3.67. The van der Waals surface area contributed by atoms with Crippen molar-refractivity contribution < 1.29 is 23.3 Å². The van der Waals surface area contributed by atoms with Gasteiger partial charge in [-0.1, -0.05) is 23.4 Å². The van der Waals surface area contributed by atoms with Crippen LogP contribution in [0.2, 0.25) is 0 Å². The Morgan fingerprint density at radius 1 is 1.25 bits per heavy atom. The molecule has 0 fully saturated rings. The van der Waals surface area contributed by atoms with Gasteiger partial charge in [0.25, 0.3) is 5.91 Å². The molecule has 0 aliphatic heterocycles. The summed E-state index contributed by atoms with van der Waals surface area (Å²) in [5, 5.41) is 7.39. The lowest BCUT2D eigenvalue weighted by Crippen LogP contribution is -2.26. The molecule has 0 saturated heterocycles. The maximum Gasteiger partial charge on any atom is 0.377 e. The predicted molar refractivity (Wildman–Crippen MR) is 84.6 cm³/mol. The van der Waals surface area contributed by atoms with Crippen molar-refractivity contribution >= 4 is 22.8 Å².